The van der Waals surface area contributed by atoms with Gasteiger partial charge in [-0.15, -0.1) is 11.3 Å². The van der Waals surface area contributed by atoms with E-state index in [-0.39, 0.29) is 18.4 Å². The molecule has 0 spiro atoms. The number of likely N-dealkylation sites (N-methyl/N-ethyl adjacent to an activating group) is 1. The van der Waals surface area contributed by atoms with Gasteiger partial charge >= 0.3 is 0 Å². The average Bonchev–Trinajstić information content (AvgIpc) is 2.80. The summed E-state index contributed by atoms with van der Waals surface area (Å²) in [5, 5.41) is 4.07. The minimum absolute atomic E-state index is 0.0103. The molecule has 1 aliphatic carbocycles. The number of carbonyl (C=O) groups is 2. The normalized spacial score (nSPS) is 15.8. The molecule has 0 saturated heterocycles. The molecular formula is C19H23ClN2O2S. The molecule has 1 heterocycles. The molecule has 0 aliphatic heterocycles. The molecule has 4 nitrogen and oxygen atoms in total. The van der Waals surface area contributed by atoms with Crippen LogP contribution in [0.25, 0.3) is 10.1 Å². The lowest BCUT2D eigenvalue weighted by molar-refractivity contribution is -0.131. The van der Waals surface area contributed by atoms with Crippen LogP contribution in [0.1, 0.15) is 48.2 Å². The fraction of sp³-hybridized carbons (Fsp3) is 0.474. The number of rotatable bonds is 4. The fourth-order valence-electron chi connectivity index (χ4n) is 3.37. The zero-order chi connectivity index (χ0) is 17.8. The summed E-state index contributed by atoms with van der Waals surface area (Å²) in [5.41, 5.74) is 0. The van der Waals surface area contributed by atoms with Crippen LogP contribution >= 0.6 is 22.9 Å². The topological polar surface area (TPSA) is 49.4 Å². The van der Waals surface area contributed by atoms with Crippen molar-refractivity contribution in [2.45, 2.75) is 44.6 Å². The molecule has 1 aromatic carbocycles. The number of thiophene rings is 1. The van der Waals surface area contributed by atoms with Gasteiger partial charge in [0.2, 0.25) is 5.91 Å². The average molecular weight is 379 g/mol. The number of nitrogens with zero attached hydrogens (tertiary/aromatic N) is 1. The summed E-state index contributed by atoms with van der Waals surface area (Å²) in [6.07, 6.45) is 6.95. The third-order valence-electron chi connectivity index (χ3n) is 4.91. The zero-order valence-electron chi connectivity index (χ0n) is 14.4. The Labute approximate surface area is 157 Å². The van der Waals surface area contributed by atoms with E-state index in [1.165, 1.54) is 37.0 Å². The molecule has 0 atom stereocenters. The first-order valence-corrected chi connectivity index (χ1v) is 9.98. The number of carbonyl (C=O) groups excluding carboxylic acids is 2. The molecule has 0 unspecified atom stereocenters. The number of nitrogens with one attached hydrogen (secondary N) is 1. The van der Waals surface area contributed by atoms with E-state index < -0.39 is 0 Å². The van der Waals surface area contributed by atoms with E-state index in [1.54, 1.807) is 4.90 Å². The summed E-state index contributed by atoms with van der Waals surface area (Å²) in [6, 6.07) is 7.94. The first-order valence-electron chi connectivity index (χ1n) is 8.79. The van der Waals surface area contributed by atoms with Crippen molar-refractivity contribution in [3.05, 3.63) is 34.2 Å². The fourth-order valence-corrected chi connectivity index (χ4v) is 4.80. The van der Waals surface area contributed by atoms with E-state index >= 15 is 0 Å². The van der Waals surface area contributed by atoms with Gasteiger partial charge in [-0.2, -0.15) is 0 Å². The minimum atomic E-state index is -0.284. The van der Waals surface area contributed by atoms with Crippen molar-refractivity contribution in [1.82, 2.24) is 10.2 Å². The van der Waals surface area contributed by atoms with Crippen molar-refractivity contribution in [1.29, 1.82) is 0 Å². The number of hydrogen-bond donors (Lipinski definition) is 1. The van der Waals surface area contributed by atoms with Crippen LogP contribution in [0, 0.1) is 0 Å². The maximum Gasteiger partial charge on any atom is 0.263 e. The molecule has 1 fully saturated rings. The Morgan fingerprint density at radius 3 is 2.56 bits per heavy atom. The highest BCUT2D eigenvalue weighted by molar-refractivity contribution is 7.21. The van der Waals surface area contributed by atoms with Gasteiger partial charge < -0.3 is 10.2 Å². The van der Waals surface area contributed by atoms with Gasteiger partial charge in [0.1, 0.15) is 4.88 Å². The summed E-state index contributed by atoms with van der Waals surface area (Å²) in [6.45, 7) is 0.0103. The second-order valence-corrected chi connectivity index (χ2v) is 8.00. The summed E-state index contributed by atoms with van der Waals surface area (Å²) in [5.74, 6) is -0.328. The lowest BCUT2D eigenvalue weighted by atomic mass is 10.1. The summed E-state index contributed by atoms with van der Waals surface area (Å²) in [4.78, 5) is 27.1. The van der Waals surface area contributed by atoms with Crippen molar-refractivity contribution in [3.63, 3.8) is 0 Å². The van der Waals surface area contributed by atoms with Crippen LogP contribution in [0.15, 0.2) is 24.3 Å². The van der Waals surface area contributed by atoms with E-state index in [9.17, 15) is 9.59 Å². The van der Waals surface area contributed by atoms with Crippen molar-refractivity contribution in [2.75, 3.05) is 13.6 Å². The van der Waals surface area contributed by atoms with Crippen LogP contribution in [0.5, 0.6) is 0 Å². The number of benzene rings is 1. The lowest BCUT2D eigenvalue weighted by Crippen LogP contribution is -2.43. The van der Waals surface area contributed by atoms with Crippen molar-refractivity contribution >= 4 is 44.8 Å². The van der Waals surface area contributed by atoms with E-state index in [0.717, 1.165) is 22.9 Å². The second kappa shape index (κ2) is 8.19. The number of hydrogen-bond acceptors (Lipinski definition) is 3. The zero-order valence-corrected chi connectivity index (χ0v) is 16.0. The molecule has 2 aromatic rings. The van der Waals surface area contributed by atoms with Gasteiger partial charge in [-0.05, 0) is 18.9 Å². The Balaban J connectivity index is 1.60. The smallest absolute Gasteiger partial charge is 0.263 e. The highest BCUT2D eigenvalue weighted by Crippen LogP contribution is 2.34. The van der Waals surface area contributed by atoms with Gasteiger partial charge in [-0.1, -0.05) is 55.5 Å². The van der Waals surface area contributed by atoms with Crippen LogP contribution < -0.4 is 5.32 Å². The highest BCUT2D eigenvalue weighted by atomic mass is 35.5. The van der Waals surface area contributed by atoms with Gasteiger partial charge in [0.25, 0.3) is 5.91 Å². The third-order valence-corrected chi connectivity index (χ3v) is 6.58. The Kier molecular flexibility index (Phi) is 5.97. The second-order valence-electron chi connectivity index (χ2n) is 6.57. The number of amides is 2. The largest absolute Gasteiger partial charge is 0.342 e. The lowest BCUT2D eigenvalue weighted by Gasteiger charge is -2.27. The van der Waals surface area contributed by atoms with Gasteiger partial charge in [0.15, 0.2) is 0 Å². The Bertz CT molecular complexity index is 766. The monoisotopic (exact) mass is 378 g/mol. The van der Waals surface area contributed by atoms with Gasteiger partial charge in [0, 0.05) is 23.2 Å². The molecule has 1 aromatic heterocycles. The predicted molar refractivity (Wildman–Crippen MR) is 103 cm³/mol. The van der Waals surface area contributed by atoms with E-state index in [4.69, 9.17) is 11.6 Å². The Morgan fingerprint density at radius 2 is 1.88 bits per heavy atom. The van der Waals surface area contributed by atoms with Crippen molar-refractivity contribution in [3.8, 4) is 0 Å². The molecule has 0 radical (unpaired) electrons. The maximum atomic E-state index is 12.4. The SMILES string of the molecule is CN(C(=O)CNC(=O)c1sc2ccccc2c1Cl)C1CCCCCC1. The first-order chi connectivity index (χ1) is 12.1. The third kappa shape index (κ3) is 4.15. The van der Waals surface area contributed by atoms with Crippen LogP contribution in [0.4, 0.5) is 0 Å². The predicted octanol–water partition coefficient (Wildman–Crippen LogP) is 4.47. The first kappa shape index (κ1) is 18.2. The molecule has 1 saturated carbocycles. The minimum Gasteiger partial charge on any atom is -0.342 e. The van der Waals surface area contributed by atoms with E-state index in [1.807, 2.05) is 31.3 Å². The van der Waals surface area contributed by atoms with Crippen molar-refractivity contribution in [2.24, 2.45) is 0 Å². The summed E-state index contributed by atoms with van der Waals surface area (Å²) in [7, 11) is 1.84. The Hall–Kier alpha value is -1.59. The molecule has 6 heteroatoms. The van der Waals surface area contributed by atoms with Crippen molar-refractivity contribution < 1.29 is 9.59 Å². The maximum absolute atomic E-state index is 12.4. The van der Waals surface area contributed by atoms with Gasteiger partial charge in [-0.3, -0.25) is 9.59 Å². The molecule has 0 bridgehead atoms. The van der Waals surface area contributed by atoms with Crippen LogP contribution in [-0.2, 0) is 4.79 Å². The van der Waals surface area contributed by atoms with Gasteiger partial charge in [-0.25, -0.2) is 0 Å². The van der Waals surface area contributed by atoms with Gasteiger partial charge in [0.05, 0.1) is 11.6 Å². The summed E-state index contributed by atoms with van der Waals surface area (Å²) >= 11 is 7.68. The molecule has 134 valence electrons. The highest BCUT2D eigenvalue weighted by Gasteiger charge is 2.22. The number of fused-ring (bicyclic) bond motifs is 1. The quantitative estimate of drug-likeness (QED) is 0.798. The molecule has 1 N–H and O–H groups in total. The molecule has 2 amide bonds. The molecular weight excluding hydrogens is 356 g/mol. The molecule has 1 aliphatic rings. The van der Waals surface area contributed by atoms with Crippen LogP contribution in [0.2, 0.25) is 5.02 Å². The van der Waals surface area contributed by atoms with E-state index in [2.05, 4.69) is 5.32 Å². The summed E-state index contributed by atoms with van der Waals surface area (Å²) < 4.78 is 0.972. The van der Waals surface area contributed by atoms with E-state index in [0.29, 0.717) is 15.9 Å². The molecule has 3 rings (SSSR count). The Morgan fingerprint density at radius 1 is 1.20 bits per heavy atom. The van der Waals surface area contributed by atoms with Crippen LogP contribution in [0.3, 0.4) is 0 Å². The molecule has 25 heavy (non-hydrogen) atoms. The number of halogens is 1. The van der Waals surface area contributed by atoms with Crippen LogP contribution in [-0.4, -0.2) is 36.3 Å². The standard InChI is InChI=1S/C19H23ClN2O2S/c1-22(13-8-4-2-3-5-9-13)16(23)12-21-19(24)18-17(20)14-10-6-7-11-15(14)25-18/h6-7,10-11,13H,2-5,8-9,12H2,1H3,(H,21,24).